The summed E-state index contributed by atoms with van der Waals surface area (Å²) >= 11 is 1.26. The Bertz CT molecular complexity index is 1020. The molecule has 0 spiro atoms. The van der Waals surface area contributed by atoms with Gasteiger partial charge in [0.2, 0.25) is 5.75 Å². The summed E-state index contributed by atoms with van der Waals surface area (Å²) in [5, 5.41) is 0. The van der Waals surface area contributed by atoms with Crippen LogP contribution in [0.3, 0.4) is 0 Å². The van der Waals surface area contributed by atoms with Crippen molar-refractivity contribution in [1.29, 1.82) is 0 Å². The molecule has 0 saturated carbocycles. The van der Waals surface area contributed by atoms with E-state index in [2.05, 4.69) is 0 Å². The molecular weight excluding hydrogens is 452 g/mol. The standard InChI is InChI=1S/C22H30N2O6S2/c1-5-28-18-14-17(15-19(29-6-2)21(18)30-7-3)22(25)23-10-12-24(13-11-23)32(26,27)20-9-8-16(4)31-20/h8-9,14-15H,5-7,10-13H2,1-4H3. The lowest BCUT2D eigenvalue weighted by atomic mass is 10.1. The first kappa shape index (κ1) is 24.3. The third-order valence-electron chi connectivity index (χ3n) is 4.99. The van der Waals surface area contributed by atoms with E-state index >= 15 is 0 Å². The SMILES string of the molecule is CCOc1cc(C(=O)N2CCN(S(=O)(=O)c3ccc(C)s3)CC2)cc(OCC)c1OCC. The van der Waals surface area contributed by atoms with Crippen molar-refractivity contribution in [2.24, 2.45) is 0 Å². The van der Waals surface area contributed by atoms with Crippen molar-refractivity contribution in [3.63, 3.8) is 0 Å². The normalized spacial score (nSPS) is 14.9. The second kappa shape index (κ2) is 10.5. The molecule has 32 heavy (non-hydrogen) atoms. The van der Waals surface area contributed by atoms with Gasteiger partial charge in [0.1, 0.15) is 4.21 Å². The Morgan fingerprint density at radius 3 is 1.97 bits per heavy atom. The number of benzene rings is 1. The fourth-order valence-electron chi connectivity index (χ4n) is 3.50. The first-order valence-electron chi connectivity index (χ1n) is 10.7. The summed E-state index contributed by atoms with van der Waals surface area (Å²) in [6, 6.07) is 6.76. The van der Waals surface area contributed by atoms with E-state index in [4.69, 9.17) is 14.2 Å². The Morgan fingerprint density at radius 2 is 1.50 bits per heavy atom. The van der Waals surface area contributed by atoms with Crippen molar-refractivity contribution in [2.75, 3.05) is 46.0 Å². The van der Waals surface area contributed by atoms with Crippen LogP contribution in [0.5, 0.6) is 17.2 Å². The molecule has 2 aromatic rings. The van der Waals surface area contributed by atoms with Gasteiger partial charge in [0.15, 0.2) is 11.5 Å². The number of hydrogen-bond acceptors (Lipinski definition) is 7. The van der Waals surface area contributed by atoms with Crippen LogP contribution in [0.25, 0.3) is 0 Å². The number of hydrogen-bond donors (Lipinski definition) is 0. The van der Waals surface area contributed by atoms with Crippen molar-refractivity contribution in [2.45, 2.75) is 31.9 Å². The molecule has 10 heteroatoms. The van der Waals surface area contributed by atoms with Gasteiger partial charge in [0.25, 0.3) is 15.9 Å². The smallest absolute Gasteiger partial charge is 0.254 e. The quantitative estimate of drug-likeness (QED) is 0.545. The Kier molecular flexibility index (Phi) is 8.02. The van der Waals surface area contributed by atoms with Gasteiger partial charge >= 0.3 is 0 Å². The molecular formula is C22H30N2O6S2. The monoisotopic (exact) mass is 482 g/mol. The minimum atomic E-state index is -3.54. The molecule has 1 aliphatic heterocycles. The zero-order valence-corrected chi connectivity index (χ0v) is 20.6. The van der Waals surface area contributed by atoms with Gasteiger partial charge in [0.05, 0.1) is 19.8 Å². The van der Waals surface area contributed by atoms with E-state index in [1.807, 2.05) is 27.7 Å². The van der Waals surface area contributed by atoms with Gasteiger partial charge < -0.3 is 19.1 Å². The van der Waals surface area contributed by atoms with Gasteiger partial charge in [-0.15, -0.1) is 11.3 Å². The van der Waals surface area contributed by atoms with Crippen molar-refractivity contribution >= 4 is 27.3 Å². The van der Waals surface area contributed by atoms with Crippen LogP contribution in [-0.2, 0) is 10.0 Å². The van der Waals surface area contributed by atoms with Crippen molar-refractivity contribution in [3.05, 3.63) is 34.7 Å². The fraction of sp³-hybridized carbons (Fsp3) is 0.500. The second-order valence-corrected chi connectivity index (χ2v) is 10.6. The van der Waals surface area contributed by atoms with Crippen LogP contribution in [0.2, 0.25) is 0 Å². The summed E-state index contributed by atoms with van der Waals surface area (Å²) in [6.07, 6.45) is 0. The van der Waals surface area contributed by atoms with Crippen LogP contribution in [0, 0.1) is 6.92 Å². The number of sulfonamides is 1. The number of nitrogens with zero attached hydrogens (tertiary/aromatic N) is 2. The van der Waals surface area contributed by atoms with Crippen molar-refractivity contribution in [3.8, 4) is 17.2 Å². The highest BCUT2D eigenvalue weighted by Gasteiger charge is 2.32. The molecule has 2 heterocycles. The topological polar surface area (TPSA) is 85.4 Å². The van der Waals surface area contributed by atoms with Crippen LogP contribution in [0.1, 0.15) is 36.0 Å². The molecule has 176 valence electrons. The van der Waals surface area contributed by atoms with E-state index in [0.717, 1.165) is 4.88 Å². The number of carbonyl (C=O) groups excluding carboxylic acids is 1. The third kappa shape index (κ3) is 5.19. The number of amides is 1. The molecule has 0 radical (unpaired) electrons. The van der Waals surface area contributed by atoms with Crippen LogP contribution in [-0.4, -0.2) is 69.5 Å². The third-order valence-corrected chi connectivity index (χ3v) is 8.36. The highest BCUT2D eigenvalue weighted by Crippen LogP contribution is 2.39. The van der Waals surface area contributed by atoms with E-state index in [1.54, 1.807) is 29.2 Å². The molecule has 1 amide bonds. The molecule has 8 nitrogen and oxygen atoms in total. The molecule has 1 aromatic heterocycles. The average molecular weight is 483 g/mol. The number of ether oxygens (including phenoxy) is 3. The van der Waals surface area contributed by atoms with Crippen LogP contribution >= 0.6 is 11.3 Å². The van der Waals surface area contributed by atoms with Crippen LogP contribution in [0.15, 0.2) is 28.5 Å². The maximum Gasteiger partial charge on any atom is 0.254 e. The zero-order chi connectivity index (χ0) is 23.3. The highest BCUT2D eigenvalue weighted by atomic mass is 32.2. The van der Waals surface area contributed by atoms with E-state index in [-0.39, 0.29) is 19.0 Å². The van der Waals surface area contributed by atoms with Gasteiger partial charge in [-0.05, 0) is 52.0 Å². The maximum atomic E-state index is 13.2. The highest BCUT2D eigenvalue weighted by molar-refractivity contribution is 7.91. The summed E-state index contributed by atoms with van der Waals surface area (Å²) in [7, 11) is -3.54. The van der Waals surface area contributed by atoms with E-state index in [9.17, 15) is 13.2 Å². The van der Waals surface area contributed by atoms with Gasteiger partial charge in [-0.25, -0.2) is 8.42 Å². The minimum Gasteiger partial charge on any atom is -0.490 e. The first-order valence-corrected chi connectivity index (χ1v) is 13.0. The maximum absolute atomic E-state index is 13.2. The average Bonchev–Trinajstić information content (AvgIpc) is 3.23. The van der Waals surface area contributed by atoms with Gasteiger partial charge in [-0.3, -0.25) is 4.79 Å². The summed E-state index contributed by atoms with van der Waals surface area (Å²) in [5.74, 6) is 1.20. The summed E-state index contributed by atoms with van der Waals surface area (Å²) in [6.45, 7) is 9.86. The number of aryl methyl sites for hydroxylation is 1. The van der Waals surface area contributed by atoms with Crippen molar-refractivity contribution < 1.29 is 27.4 Å². The first-order chi connectivity index (χ1) is 15.3. The molecule has 0 atom stereocenters. The molecule has 0 unspecified atom stereocenters. The Hall–Kier alpha value is -2.30. The van der Waals surface area contributed by atoms with Gasteiger partial charge in [-0.1, -0.05) is 0 Å². The molecule has 3 rings (SSSR count). The number of thiophene rings is 1. The number of carbonyl (C=O) groups is 1. The predicted octanol–water partition coefficient (Wildman–Crippen LogP) is 3.40. The Morgan fingerprint density at radius 1 is 0.938 bits per heavy atom. The lowest BCUT2D eigenvalue weighted by Crippen LogP contribution is -2.50. The summed E-state index contributed by atoms with van der Waals surface area (Å²) in [5.41, 5.74) is 0.422. The fourth-order valence-corrected chi connectivity index (χ4v) is 6.36. The van der Waals surface area contributed by atoms with E-state index < -0.39 is 10.0 Å². The minimum absolute atomic E-state index is 0.195. The van der Waals surface area contributed by atoms with E-state index in [1.165, 1.54) is 15.6 Å². The molecule has 1 aliphatic rings. The van der Waals surface area contributed by atoms with Crippen LogP contribution in [0.4, 0.5) is 0 Å². The van der Waals surface area contributed by atoms with E-state index in [0.29, 0.717) is 59.9 Å². The van der Waals surface area contributed by atoms with Gasteiger partial charge in [-0.2, -0.15) is 4.31 Å². The largest absolute Gasteiger partial charge is 0.490 e. The predicted molar refractivity (Wildman–Crippen MR) is 124 cm³/mol. The summed E-state index contributed by atoms with van der Waals surface area (Å²) in [4.78, 5) is 15.8. The number of piperazine rings is 1. The molecule has 0 aliphatic carbocycles. The number of rotatable bonds is 9. The molecule has 0 N–H and O–H groups in total. The molecule has 1 aromatic carbocycles. The van der Waals surface area contributed by atoms with Gasteiger partial charge in [0, 0.05) is 36.6 Å². The lowest BCUT2D eigenvalue weighted by Gasteiger charge is -2.34. The lowest BCUT2D eigenvalue weighted by molar-refractivity contribution is 0.0697. The molecule has 1 saturated heterocycles. The van der Waals surface area contributed by atoms with Crippen molar-refractivity contribution in [1.82, 2.24) is 9.21 Å². The Labute approximate surface area is 193 Å². The van der Waals surface area contributed by atoms with Crippen LogP contribution < -0.4 is 14.2 Å². The Balaban J connectivity index is 1.78. The molecule has 1 fully saturated rings. The summed E-state index contributed by atoms with van der Waals surface area (Å²) < 4.78 is 44.6. The molecule has 0 bridgehead atoms. The second-order valence-electron chi connectivity index (χ2n) is 7.16. The zero-order valence-electron chi connectivity index (χ0n) is 18.9.